The van der Waals surface area contributed by atoms with Gasteiger partial charge in [0.25, 0.3) is 0 Å². The van der Waals surface area contributed by atoms with Gasteiger partial charge in [-0.05, 0) is 24.4 Å². The van der Waals surface area contributed by atoms with Crippen LogP contribution in [0.5, 0.6) is 5.75 Å². The van der Waals surface area contributed by atoms with Crippen molar-refractivity contribution in [2.75, 3.05) is 6.54 Å². The molecular formula is C14H15ClN2O4S. The van der Waals surface area contributed by atoms with Crippen molar-refractivity contribution in [3.63, 3.8) is 0 Å². The maximum atomic E-state index is 10.8. The number of nitrogens with one attached hydrogen (secondary N) is 1. The zero-order valence-corrected chi connectivity index (χ0v) is 13.3. The van der Waals surface area contributed by atoms with Crippen molar-refractivity contribution in [3.05, 3.63) is 55.2 Å². The van der Waals surface area contributed by atoms with E-state index in [1.165, 1.54) is 17.4 Å². The van der Waals surface area contributed by atoms with Crippen LogP contribution in [-0.4, -0.2) is 21.7 Å². The van der Waals surface area contributed by atoms with Crippen LogP contribution in [0.3, 0.4) is 0 Å². The molecule has 0 saturated carbocycles. The van der Waals surface area contributed by atoms with Gasteiger partial charge >= 0.3 is 5.69 Å². The second-order valence-corrected chi connectivity index (χ2v) is 6.43. The van der Waals surface area contributed by atoms with Gasteiger partial charge in [0.05, 0.1) is 4.92 Å². The number of aliphatic hydroxyl groups is 1. The highest BCUT2D eigenvalue weighted by molar-refractivity contribution is 7.10. The van der Waals surface area contributed by atoms with Crippen LogP contribution in [0.1, 0.15) is 17.4 Å². The third-order valence-electron chi connectivity index (χ3n) is 3.17. The number of hydrogen-bond acceptors (Lipinski definition) is 6. The summed E-state index contributed by atoms with van der Waals surface area (Å²) in [5.74, 6) is -0.419. The van der Waals surface area contributed by atoms with E-state index in [0.29, 0.717) is 5.56 Å². The number of nitro benzene ring substituents is 1. The van der Waals surface area contributed by atoms with Gasteiger partial charge in [0.1, 0.15) is 5.60 Å². The highest BCUT2D eigenvalue weighted by atomic mass is 35.5. The number of thiophene rings is 1. The first kappa shape index (κ1) is 16.7. The van der Waals surface area contributed by atoms with Crippen molar-refractivity contribution in [1.82, 2.24) is 5.32 Å². The molecule has 2 rings (SSSR count). The van der Waals surface area contributed by atoms with Crippen LogP contribution in [0.15, 0.2) is 29.6 Å². The first-order valence-electron chi connectivity index (χ1n) is 6.44. The summed E-state index contributed by atoms with van der Waals surface area (Å²) < 4.78 is 0. The molecule has 1 heterocycles. The molecule has 1 unspecified atom stereocenters. The normalized spacial score (nSPS) is 13.8. The molecule has 118 valence electrons. The lowest BCUT2D eigenvalue weighted by Gasteiger charge is -2.22. The predicted octanol–water partition coefficient (Wildman–Crippen LogP) is 3.01. The lowest BCUT2D eigenvalue weighted by atomic mass is 10.0. The molecule has 22 heavy (non-hydrogen) atoms. The van der Waals surface area contributed by atoms with E-state index >= 15 is 0 Å². The fourth-order valence-corrected chi connectivity index (χ4v) is 3.05. The maximum Gasteiger partial charge on any atom is 0.312 e. The van der Waals surface area contributed by atoms with Crippen molar-refractivity contribution in [3.8, 4) is 5.75 Å². The monoisotopic (exact) mass is 342 g/mol. The molecule has 3 N–H and O–H groups in total. The highest BCUT2D eigenvalue weighted by Gasteiger charge is 2.24. The van der Waals surface area contributed by atoms with Crippen LogP contribution in [0, 0.1) is 10.1 Å². The van der Waals surface area contributed by atoms with Gasteiger partial charge in [0.2, 0.25) is 0 Å². The zero-order chi connectivity index (χ0) is 16.3. The number of hydrogen-bond donors (Lipinski definition) is 3. The summed E-state index contributed by atoms with van der Waals surface area (Å²) in [5.41, 5.74) is -1.19. The van der Waals surface area contributed by atoms with E-state index in [4.69, 9.17) is 11.6 Å². The number of benzene rings is 1. The molecule has 0 aliphatic rings. The van der Waals surface area contributed by atoms with Crippen LogP contribution in [-0.2, 0) is 12.1 Å². The molecule has 6 nitrogen and oxygen atoms in total. The molecule has 0 fully saturated rings. The Morgan fingerprint density at radius 3 is 2.82 bits per heavy atom. The minimum atomic E-state index is -1.06. The molecule has 0 aliphatic heterocycles. The summed E-state index contributed by atoms with van der Waals surface area (Å²) in [4.78, 5) is 11.0. The second-order valence-electron chi connectivity index (χ2n) is 5.04. The van der Waals surface area contributed by atoms with Crippen LogP contribution in [0.25, 0.3) is 0 Å². The fourth-order valence-electron chi connectivity index (χ4n) is 2.03. The number of phenols is 1. The van der Waals surface area contributed by atoms with Gasteiger partial charge in [-0.3, -0.25) is 10.1 Å². The number of halogens is 1. The topological polar surface area (TPSA) is 95.6 Å². The molecule has 1 atom stereocenters. The van der Waals surface area contributed by atoms with E-state index in [2.05, 4.69) is 5.32 Å². The van der Waals surface area contributed by atoms with Crippen molar-refractivity contribution in [2.45, 2.75) is 19.1 Å². The molecule has 0 saturated heterocycles. The molecule has 0 amide bonds. The minimum absolute atomic E-state index is 0.148. The quantitative estimate of drug-likeness (QED) is 0.554. The van der Waals surface area contributed by atoms with Gasteiger partial charge < -0.3 is 15.5 Å². The third kappa shape index (κ3) is 3.75. The molecule has 2 aromatic rings. The number of nitrogens with zero attached hydrogens (tertiary/aromatic N) is 1. The van der Waals surface area contributed by atoms with Crippen LogP contribution in [0.2, 0.25) is 5.02 Å². The first-order chi connectivity index (χ1) is 10.3. The minimum Gasteiger partial charge on any atom is -0.502 e. The van der Waals surface area contributed by atoms with E-state index < -0.39 is 22.0 Å². The maximum absolute atomic E-state index is 10.8. The van der Waals surface area contributed by atoms with Crippen LogP contribution < -0.4 is 5.32 Å². The van der Waals surface area contributed by atoms with Gasteiger partial charge in [-0.2, -0.15) is 0 Å². The van der Waals surface area contributed by atoms with Gasteiger partial charge in [0, 0.05) is 34.6 Å². The lowest BCUT2D eigenvalue weighted by Crippen LogP contribution is -2.34. The number of rotatable bonds is 6. The lowest BCUT2D eigenvalue weighted by molar-refractivity contribution is -0.385. The Balaban J connectivity index is 2.08. The Bertz CT molecular complexity index is 674. The number of phenolic OH excluding ortho intramolecular Hbond substituents is 1. The first-order valence-corrected chi connectivity index (χ1v) is 7.70. The Hall–Kier alpha value is -1.67. The van der Waals surface area contributed by atoms with E-state index in [0.717, 1.165) is 10.9 Å². The fraction of sp³-hybridized carbons (Fsp3) is 0.286. The summed E-state index contributed by atoms with van der Waals surface area (Å²) in [6, 6.07) is 6.23. The van der Waals surface area contributed by atoms with Gasteiger partial charge in [0.15, 0.2) is 5.75 Å². The standard InChI is InChI=1S/C14H15ClN2O4S/c1-14(19,12-3-2-4-22-12)8-16-7-9-5-10(15)6-11(13(9)18)17(20)21/h2-6,16,18-19H,7-8H2,1H3. The second kappa shape index (κ2) is 6.62. The number of aromatic hydroxyl groups is 1. The molecule has 1 aromatic carbocycles. The zero-order valence-electron chi connectivity index (χ0n) is 11.7. The Kier molecular flexibility index (Phi) is 5.02. The molecule has 0 bridgehead atoms. The van der Waals surface area contributed by atoms with Crippen molar-refractivity contribution >= 4 is 28.6 Å². The summed E-state index contributed by atoms with van der Waals surface area (Å²) >= 11 is 7.26. The average molecular weight is 343 g/mol. The molecule has 8 heteroatoms. The van der Waals surface area contributed by atoms with Crippen LogP contribution in [0.4, 0.5) is 5.69 Å². The van der Waals surface area contributed by atoms with Crippen molar-refractivity contribution in [1.29, 1.82) is 0 Å². The SMILES string of the molecule is CC(O)(CNCc1cc(Cl)cc([N+](=O)[O-])c1O)c1cccs1. The molecular weight excluding hydrogens is 328 g/mol. The largest absolute Gasteiger partial charge is 0.502 e. The summed E-state index contributed by atoms with van der Waals surface area (Å²) in [6.45, 7) is 2.05. The summed E-state index contributed by atoms with van der Waals surface area (Å²) in [6.07, 6.45) is 0. The molecule has 1 aromatic heterocycles. The third-order valence-corrected chi connectivity index (χ3v) is 4.51. The van der Waals surface area contributed by atoms with Gasteiger partial charge in [-0.1, -0.05) is 17.7 Å². The van der Waals surface area contributed by atoms with Crippen LogP contribution >= 0.6 is 22.9 Å². The van der Waals surface area contributed by atoms with E-state index in [-0.39, 0.29) is 18.1 Å². The van der Waals surface area contributed by atoms with Gasteiger partial charge in [-0.25, -0.2) is 0 Å². The Morgan fingerprint density at radius 2 is 2.23 bits per heavy atom. The smallest absolute Gasteiger partial charge is 0.312 e. The summed E-state index contributed by atoms with van der Waals surface area (Å²) in [7, 11) is 0. The average Bonchev–Trinajstić information content (AvgIpc) is 2.96. The molecule has 0 radical (unpaired) electrons. The Labute approximate surface area is 136 Å². The van der Waals surface area contributed by atoms with Crippen molar-refractivity contribution in [2.24, 2.45) is 0 Å². The predicted molar refractivity (Wildman–Crippen MR) is 85.4 cm³/mol. The van der Waals surface area contributed by atoms with E-state index in [1.807, 2.05) is 17.5 Å². The highest BCUT2D eigenvalue weighted by Crippen LogP contribution is 2.33. The van der Waals surface area contributed by atoms with Gasteiger partial charge in [-0.15, -0.1) is 11.3 Å². The van der Waals surface area contributed by atoms with E-state index in [9.17, 15) is 20.3 Å². The van der Waals surface area contributed by atoms with E-state index in [1.54, 1.807) is 6.92 Å². The van der Waals surface area contributed by atoms with Crippen molar-refractivity contribution < 1.29 is 15.1 Å². The molecule has 0 aliphatic carbocycles. The summed E-state index contributed by atoms with van der Waals surface area (Å²) in [5, 5.41) is 36.1. The molecule has 0 spiro atoms. The Morgan fingerprint density at radius 1 is 1.50 bits per heavy atom. The number of nitro groups is 1.